The quantitative estimate of drug-likeness (QED) is 0.831. The Balaban J connectivity index is 2.41. The second kappa shape index (κ2) is 5.88. The smallest absolute Gasteiger partial charge is 0.222 e. The van der Waals surface area contributed by atoms with Gasteiger partial charge < -0.3 is 10.6 Å². The Kier molecular flexibility index (Phi) is 4.78. The van der Waals surface area contributed by atoms with E-state index in [1.807, 2.05) is 7.05 Å². The molecule has 0 bridgehead atoms. The summed E-state index contributed by atoms with van der Waals surface area (Å²) in [6, 6.07) is 4.16. The van der Waals surface area contributed by atoms with Crippen LogP contribution in [0.5, 0.6) is 0 Å². The zero-order valence-corrected chi connectivity index (χ0v) is 10.1. The monoisotopic (exact) mass is 226 g/mol. The second-order valence-electron chi connectivity index (χ2n) is 3.65. The van der Waals surface area contributed by atoms with Crippen LogP contribution in [0.3, 0.4) is 0 Å². The van der Waals surface area contributed by atoms with Gasteiger partial charge in [-0.05, 0) is 32.0 Å². The van der Waals surface area contributed by atoms with Gasteiger partial charge in [-0.2, -0.15) is 0 Å². The van der Waals surface area contributed by atoms with E-state index in [0.717, 1.165) is 6.42 Å². The molecule has 0 spiro atoms. The van der Waals surface area contributed by atoms with Gasteiger partial charge >= 0.3 is 0 Å². The Bertz CT molecular complexity index is 322. The van der Waals surface area contributed by atoms with Gasteiger partial charge in [-0.1, -0.05) is 0 Å². The van der Waals surface area contributed by atoms with Gasteiger partial charge in [-0.25, -0.2) is 0 Å². The van der Waals surface area contributed by atoms with E-state index < -0.39 is 0 Å². The number of aryl methyl sites for hydroxylation is 1. The maximum Gasteiger partial charge on any atom is 0.222 e. The molecular weight excluding hydrogens is 208 g/mol. The predicted molar refractivity (Wildman–Crippen MR) is 63.8 cm³/mol. The van der Waals surface area contributed by atoms with E-state index >= 15 is 0 Å². The Morgan fingerprint density at radius 3 is 2.80 bits per heavy atom. The van der Waals surface area contributed by atoms with Crippen LogP contribution in [0.25, 0.3) is 0 Å². The van der Waals surface area contributed by atoms with Crippen LogP contribution >= 0.6 is 11.3 Å². The minimum Gasteiger partial charge on any atom is -0.341 e. The van der Waals surface area contributed by atoms with Crippen molar-refractivity contribution in [3.05, 3.63) is 21.9 Å². The first-order chi connectivity index (χ1) is 7.13. The van der Waals surface area contributed by atoms with Gasteiger partial charge in [0.25, 0.3) is 0 Å². The molecule has 0 atom stereocenters. The van der Waals surface area contributed by atoms with Crippen molar-refractivity contribution in [3.8, 4) is 0 Å². The molecule has 0 aliphatic carbocycles. The normalized spacial score (nSPS) is 10.3. The zero-order valence-electron chi connectivity index (χ0n) is 9.32. The minimum atomic E-state index is 0.173. The highest BCUT2D eigenvalue weighted by Gasteiger charge is 2.09. The van der Waals surface area contributed by atoms with Crippen molar-refractivity contribution in [2.75, 3.05) is 13.6 Å². The summed E-state index contributed by atoms with van der Waals surface area (Å²) in [4.78, 5) is 15.9. The Hall–Kier alpha value is -0.870. The van der Waals surface area contributed by atoms with Crippen LogP contribution in [-0.2, 0) is 11.3 Å². The van der Waals surface area contributed by atoms with Crippen molar-refractivity contribution in [1.29, 1.82) is 0 Å². The lowest BCUT2D eigenvalue weighted by Gasteiger charge is -2.15. The molecule has 1 amide bonds. The van der Waals surface area contributed by atoms with E-state index in [9.17, 15) is 4.79 Å². The molecule has 1 aromatic rings. The lowest BCUT2D eigenvalue weighted by molar-refractivity contribution is -0.130. The molecule has 84 valence electrons. The average molecular weight is 226 g/mol. The summed E-state index contributed by atoms with van der Waals surface area (Å²) < 4.78 is 0. The SMILES string of the molecule is Cc1ccc(CN(C)C(=O)CCCN)s1. The first-order valence-electron chi connectivity index (χ1n) is 5.13. The lowest BCUT2D eigenvalue weighted by Crippen LogP contribution is -2.26. The Morgan fingerprint density at radius 2 is 2.27 bits per heavy atom. The van der Waals surface area contributed by atoms with E-state index in [-0.39, 0.29) is 5.91 Å². The number of amides is 1. The number of rotatable bonds is 5. The molecule has 3 nitrogen and oxygen atoms in total. The summed E-state index contributed by atoms with van der Waals surface area (Å²) in [7, 11) is 1.84. The Labute approximate surface area is 94.9 Å². The molecule has 0 aromatic carbocycles. The highest BCUT2D eigenvalue weighted by Crippen LogP contribution is 2.16. The number of carbonyl (C=O) groups is 1. The summed E-state index contributed by atoms with van der Waals surface area (Å²) >= 11 is 1.74. The van der Waals surface area contributed by atoms with Gasteiger partial charge in [0.15, 0.2) is 0 Å². The van der Waals surface area contributed by atoms with Crippen LogP contribution < -0.4 is 5.73 Å². The third-order valence-electron chi connectivity index (χ3n) is 2.21. The highest BCUT2D eigenvalue weighted by atomic mass is 32.1. The number of nitrogens with zero attached hydrogens (tertiary/aromatic N) is 1. The average Bonchev–Trinajstić information content (AvgIpc) is 2.60. The zero-order chi connectivity index (χ0) is 11.3. The van der Waals surface area contributed by atoms with Gasteiger partial charge in [0.1, 0.15) is 0 Å². The van der Waals surface area contributed by atoms with Crippen LogP contribution in [-0.4, -0.2) is 24.4 Å². The van der Waals surface area contributed by atoms with E-state index in [1.54, 1.807) is 16.2 Å². The molecule has 4 heteroatoms. The maximum absolute atomic E-state index is 11.6. The fourth-order valence-electron chi connectivity index (χ4n) is 1.34. The first-order valence-corrected chi connectivity index (χ1v) is 5.94. The molecule has 0 aliphatic rings. The third-order valence-corrected chi connectivity index (χ3v) is 3.19. The molecule has 1 heterocycles. The molecule has 0 radical (unpaired) electrons. The van der Waals surface area contributed by atoms with E-state index in [2.05, 4.69) is 19.1 Å². The number of nitrogens with two attached hydrogens (primary N) is 1. The molecule has 2 N–H and O–H groups in total. The Morgan fingerprint density at radius 1 is 1.53 bits per heavy atom. The van der Waals surface area contributed by atoms with Crippen molar-refractivity contribution >= 4 is 17.2 Å². The molecular formula is C11H18N2OS. The van der Waals surface area contributed by atoms with Gasteiger partial charge in [0, 0.05) is 23.2 Å². The summed E-state index contributed by atoms with van der Waals surface area (Å²) in [5, 5.41) is 0. The fourth-order valence-corrected chi connectivity index (χ4v) is 2.28. The van der Waals surface area contributed by atoms with Crippen LogP contribution in [0.2, 0.25) is 0 Å². The molecule has 0 unspecified atom stereocenters. The summed E-state index contributed by atoms with van der Waals surface area (Å²) in [5.74, 6) is 0.173. The highest BCUT2D eigenvalue weighted by molar-refractivity contribution is 7.11. The molecule has 0 fully saturated rings. The summed E-state index contributed by atoms with van der Waals surface area (Å²) in [5.41, 5.74) is 5.36. The fraction of sp³-hybridized carbons (Fsp3) is 0.545. The van der Waals surface area contributed by atoms with Crippen LogP contribution in [0, 0.1) is 6.92 Å². The van der Waals surface area contributed by atoms with E-state index in [4.69, 9.17) is 5.73 Å². The van der Waals surface area contributed by atoms with E-state index in [1.165, 1.54) is 9.75 Å². The first kappa shape index (κ1) is 12.2. The van der Waals surface area contributed by atoms with Gasteiger partial charge in [0.05, 0.1) is 6.54 Å². The van der Waals surface area contributed by atoms with E-state index in [0.29, 0.717) is 19.5 Å². The van der Waals surface area contributed by atoms with Crippen LogP contribution in [0.15, 0.2) is 12.1 Å². The predicted octanol–water partition coefficient (Wildman–Crippen LogP) is 1.75. The minimum absolute atomic E-state index is 0.173. The van der Waals surface area contributed by atoms with Gasteiger partial charge in [-0.15, -0.1) is 11.3 Å². The van der Waals surface area contributed by atoms with Crippen LogP contribution in [0.4, 0.5) is 0 Å². The standard InChI is InChI=1S/C11H18N2OS/c1-9-5-6-10(15-9)8-13(2)11(14)4-3-7-12/h5-6H,3-4,7-8,12H2,1-2H3. The summed E-state index contributed by atoms with van der Waals surface area (Å²) in [6.45, 7) is 3.37. The van der Waals surface area contributed by atoms with Crippen LogP contribution in [0.1, 0.15) is 22.6 Å². The lowest BCUT2D eigenvalue weighted by atomic mass is 10.3. The molecule has 0 saturated heterocycles. The molecule has 1 aromatic heterocycles. The summed E-state index contributed by atoms with van der Waals surface area (Å²) in [6.07, 6.45) is 1.32. The van der Waals surface area contributed by atoms with Crippen molar-refractivity contribution in [3.63, 3.8) is 0 Å². The van der Waals surface area contributed by atoms with Gasteiger partial charge in [-0.3, -0.25) is 4.79 Å². The molecule has 1 rings (SSSR count). The molecule has 0 aliphatic heterocycles. The topological polar surface area (TPSA) is 46.3 Å². The molecule has 0 saturated carbocycles. The second-order valence-corrected chi connectivity index (χ2v) is 5.03. The number of hydrogen-bond donors (Lipinski definition) is 1. The third kappa shape index (κ3) is 4.01. The van der Waals surface area contributed by atoms with Crippen molar-refractivity contribution in [2.45, 2.75) is 26.3 Å². The number of carbonyl (C=O) groups excluding carboxylic acids is 1. The van der Waals surface area contributed by atoms with Crippen molar-refractivity contribution in [1.82, 2.24) is 4.90 Å². The van der Waals surface area contributed by atoms with Crippen molar-refractivity contribution in [2.24, 2.45) is 5.73 Å². The number of hydrogen-bond acceptors (Lipinski definition) is 3. The van der Waals surface area contributed by atoms with Gasteiger partial charge in [0.2, 0.25) is 5.91 Å². The number of thiophene rings is 1. The molecule has 15 heavy (non-hydrogen) atoms. The maximum atomic E-state index is 11.6. The van der Waals surface area contributed by atoms with Crippen molar-refractivity contribution < 1.29 is 4.79 Å². The largest absolute Gasteiger partial charge is 0.341 e.